The molecule has 3 rings (SSSR count). The number of fused-ring (bicyclic) bond motifs is 1. The van der Waals surface area contributed by atoms with E-state index in [1.807, 2.05) is 38.1 Å². The molecule has 1 aromatic heterocycles. The maximum absolute atomic E-state index is 13.1. The number of benzene rings is 1. The SMILES string of the molecule is CCC(C)NC(=O)c1cc(S(=O)(=O)N2CCCc3ccccc32)cs1. The summed E-state index contributed by atoms with van der Waals surface area (Å²) < 4.78 is 27.6. The molecule has 1 atom stereocenters. The van der Waals surface area contributed by atoms with Gasteiger partial charge in [0.15, 0.2) is 0 Å². The molecule has 1 unspecified atom stereocenters. The van der Waals surface area contributed by atoms with Crippen LogP contribution in [0, 0.1) is 0 Å². The van der Waals surface area contributed by atoms with Crippen molar-refractivity contribution in [2.45, 2.75) is 44.0 Å². The number of rotatable bonds is 5. The first-order valence-corrected chi connectivity index (χ1v) is 10.8. The molecule has 0 aliphatic carbocycles. The van der Waals surface area contributed by atoms with Crippen LogP contribution in [0.25, 0.3) is 0 Å². The van der Waals surface area contributed by atoms with E-state index < -0.39 is 10.0 Å². The van der Waals surface area contributed by atoms with E-state index in [0.29, 0.717) is 11.4 Å². The van der Waals surface area contributed by atoms with Gasteiger partial charge in [-0.2, -0.15) is 0 Å². The van der Waals surface area contributed by atoms with Crippen molar-refractivity contribution in [3.05, 3.63) is 46.2 Å². The lowest BCUT2D eigenvalue weighted by molar-refractivity contribution is 0.0943. The Labute approximate surface area is 152 Å². The van der Waals surface area contributed by atoms with Gasteiger partial charge in [-0.3, -0.25) is 9.10 Å². The molecule has 0 saturated carbocycles. The number of aryl methyl sites for hydroxylation is 1. The summed E-state index contributed by atoms with van der Waals surface area (Å²) in [4.78, 5) is 12.8. The Bertz CT molecular complexity index is 874. The van der Waals surface area contributed by atoms with E-state index in [-0.39, 0.29) is 16.8 Å². The quantitative estimate of drug-likeness (QED) is 0.867. The van der Waals surface area contributed by atoms with E-state index >= 15 is 0 Å². The van der Waals surface area contributed by atoms with Gasteiger partial charge in [0.1, 0.15) is 0 Å². The lowest BCUT2D eigenvalue weighted by atomic mass is 10.0. The minimum atomic E-state index is -3.66. The average molecular weight is 379 g/mol. The van der Waals surface area contributed by atoms with Gasteiger partial charge in [0, 0.05) is 18.0 Å². The van der Waals surface area contributed by atoms with Gasteiger partial charge in [-0.15, -0.1) is 11.3 Å². The smallest absolute Gasteiger partial charge is 0.265 e. The molecule has 0 fully saturated rings. The van der Waals surface area contributed by atoms with Crippen LogP contribution in [0.1, 0.15) is 41.9 Å². The monoisotopic (exact) mass is 378 g/mol. The van der Waals surface area contributed by atoms with Gasteiger partial charge in [0.05, 0.1) is 15.5 Å². The minimum absolute atomic E-state index is 0.0589. The summed E-state index contributed by atoms with van der Waals surface area (Å²) in [6.07, 6.45) is 2.50. The van der Waals surface area contributed by atoms with E-state index in [2.05, 4.69) is 5.32 Å². The zero-order valence-electron chi connectivity index (χ0n) is 14.4. The van der Waals surface area contributed by atoms with Crippen LogP contribution < -0.4 is 9.62 Å². The highest BCUT2D eigenvalue weighted by atomic mass is 32.2. The van der Waals surface area contributed by atoms with Crippen LogP contribution in [0.4, 0.5) is 5.69 Å². The highest BCUT2D eigenvalue weighted by Gasteiger charge is 2.30. The molecule has 2 aromatic rings. The Hall–Kier alpha value is -1.86. The summed E-state index contributed by atoms with van der Waals surface area (Å²) in [5.74, 6) is -0.222. The lowest BCUT2D eigenvalue weighted by Crippen LogP contribution is -2.35. The van der Waals surface area contributed by atoms with E-state index in [1.54, 1.807) is 5.38 Å². The topological polar surface area (TPSA) is 66.5 Å². The molecule has 0 saturated heterocycles. The van der Waals surface area contributed by atoms with Gasteiger partial charge >= 0.3 is 0 Å². The van der Waals surface area contributed by atoms with Crippen LogP contribution in [-0.2, 0) is 16.4 Å². The largest absolute Gasteiger partial charge is 0.349 e. The summed E-state index contributed by atoms with van der Waals surface area (Å²) in [6.45, 7) is 4.38. The van der Waals surface area contributed by atoms with Crippen LogP contribution in [0.5, 0.6) is 0 Å². The van der Waals surface area contributed by atoms with Gasteiger partial charge in [-0.25, -0.2) is 8.42 Å². The van der Waals surface area contributed by atoms with Crippen molar-refractivity contribution in [3.8, 4) is 0 Å². The normalized spacial score (nSPS) is 15.5. The summed E-state index contributed by atoms with van der Waals surface area (Å²) in [5.41, 5.74) is 1.79. The Morgan fingerprint density at radius 1 is 1.36 bits per heavy atom. The van der Waals surface area contributed by atoms with Crippen LogP contribution >= 0.6 is 11.3 Å². The molecule has 0 spiro atoms. The fraction of sp³-hybridized carbons (Fsp3) is 0.389. The average Bonchev–Trinajstić information content (AvgIpc) is 3.12. The predicted octanol–water partition coefficient (Wildman–Crippen LogP) is 3.42. The number of hydrogen-bond donors (Lipinski definition) is 1. The molecule has 5 nitrogen and oxygen atoms in total. The highest BCUT2D eigenvalue weighted by molar-refractivity contribution is 7.93. The van der Waals surface area contributed by atoms with E-state index in [0.717, 1.165) is 41.9 Å². The van der Waals surface area contributed by atoms with Gasteiger partial charge in [0.25, 0.3) is 15.9 Å². The summed E-state index contributed by atoms with van der Waals surface area (Å²) in [5, 5.41) is 4.42. The molecule has 1 aliphatic rings. The summed E-state index contributed by atoms with van der Waals surface area (Å²) >= 11 is 1.16. The molecule has 7 heteroatoms. The minimum Gasteiger partial charge on any atom is -0.349 e. The van der Waals surface area contributed by atoms with E-state index in [1.165, 1.54) is 10.4 Å². The third kappa shape index (κ3) is 3.57. The molecule has 1 aromatic carbocycles. The van der Waals surface area contributed by atoms with Crippen molar-refractivity contribution in [2.75, 3.05) is 10.8 Å². The lowest BCUT2D eigenvalue weighted by Gasteiger charge is -2.30. The fourth-order valence-corrected chi connectivity index (χ4v) is 5.55. The Kier molecular flexibility index (Phi) is 5.15. The van der Waals surface area contributed by atoms with Crippen LogP contribution in [0.3, 0.4) is 0 Å². The van der Waals surface area contributed by atoms with E-state index in [4.69, 9.17) is 0 Å². The molecule has 1 N–H and O–H groups in total. The zero-order chi connectivity index (χ0) is 18.0. The third-order valence-electron chi connectivity index (χ3n) is 4.44. The van der Waals surface area contributed by atoms with Crippen LogP contribution in [0.15, 0.2) is 40.6 Å². The van der Waals surface area contributed by atoms with Crippen LogP contribution in [0.2, 0.25) is 0 Å². The predicted molar refractivity (Wildman–Crippen MR) is 101 cm³/mol. The molecule has 1 aliphatic heterocycles. The number of nitrogens with one attached hydrogen (secondary N) is 1. The second kappa shape index (κ2) is 7.17. The number of carbonyl (C=O) groups excluding carboxylic acids is 1. The number of hydrogen-bond acceptors (Lipinski definition) is 4. The van der Waals surface area contributed by atoms with Gasteiger partial charge in [-0.1, -0.05) is 25.1 Å². The molecule has 25 heavy (non-hydrogen) atoms. The van der Waals surface area contributed by atoms with Gasteiger partial charge in [0.2, 0.25) is 0 Å². The second-order valence-electron chi connectivity index (χ2n) is 6.24. The molecule has 134 valence electrons. The highest BCUT2D eigenvalue weighted by Crippen LogP contribution is 2.33. The first kappa shape index (κ1) is 17.9. The second-order valence-corrected chi connectivity index (χ2v) is 9.01. The standard InChI is InChI=1S/C18H22N2O3S2/c1-3-13(2)19-18(21)17-11-15(12-24-17)25(22,23)20-10-6-8-14-7-4-5-9-16(14)20/h4-5,7,9,11-13H,3,6,8,10H2,1-2H3,(H,19,21). The molecular weight excluding hydrogens is 356 g/mol. The van der Waals surface area contributed by atoms with Gasteiger partial charge < -0.3 is 5.32 Å². The van der Waals surface area contributed by atoms with Crippen molar-refractivity contribution in [2.24, 2.45) is 0 Å². The fourth-order valence-electron chi connectivity index (χ4n) is 2.85. The number of para-hydroxylation sites is 1. The Balaban J connectivity index is 1.88. The molecular formula is C18H22N2O3S2. The van der Waals surface area contributed by atoms with Crippen molar-refractivity contribution in [1.29, 1.82) is 0 Å². The maximum atomic E-state index is 13.1. The van der Waals surface area contributed by atoms with Crippen molar-refractivity contribution in [3.63, 3.8) is 0 Å². The van der Waals surface area contributed by atoms with Crippen molar-refractivity contribution >= 4 is 33.0 Å². The van der Waals surface area contributed by atoms with Crippen molar-refractivity contribution in [1.82, 2.24) is 5.32 Å². The van der Waals surface area contributed by atoms with Crippen LogP contribution in [-0.4, -0.2) is 26.9 Å². The number of nitrogens with zero attached hydrogens (tertiary/aromatic N) is 1. The Morgan fingerprint density at radius 3 is 2.88 bits per heavy atom. The number of carbonyl (C=O) groups is 1. The number of amides is 1. The zero-order valence-corrected chi connectivity index (χ0v) is 16.0. The number of sulfonamides is 1. The van der Waals surface area contributed by atoms with E-state index in [9.17, 15) is 13.2 Å². The first-order chi connectivity index (χ1) is 11.9. The summed E-state index contributed by atoms with van der Waals surface area (Å²) in [6, 6.07) is 9.13. The molecule has 2 heterocycles. The van der Waals surface area contributed by atoms with Gasteiger partial charge in [-0.05, 0) is 43.9 Å². The molecule has 0 radical (unpaired) electrons. The maximum Gasteiger partial charge on any atom is 0.265 e. The number of thiophene rings is 1. The Morgan fingerprint density at radius 2 is 2.12 bits per heavy atom. The molecule has 0 bridgehead atoms. The number of anilines is 1. The summed E-state index contributed by atoms with van der Waals surface area (Å²) in [7, 11) is -3.66. The van der Waals surface area contributed by atoms with Crippen molar-refractivity contribution < 1.29 is 13.2 Å². The third-order valence-corrected chi connectivity index (χ3v) is 7.31. The first-order valence-electron chi connectivity index (χ1n) is 8.43. The molecule has 1 amide bonds.